The number of rotatable bonds is 2. The van der Waals surface area contributed by atoms with Crippen molar-refractivity contribution in [3.63, 3.8) is 0 Å². The van der Waals surface area contributed by atoms with Gasteiger partial charge in [-0.2, -0.15) is 0 Å². The van der Waals surface area contributed by atoms with Crippen LogP contribution in [0, 0.1) is 11.2 Å². The van der Waals surface area contributed by atoms with E-state index in [-0.39, 0.29) is 36.5 Å². The highest BCUT2D eigenvalue weighted by molar-refractivity contribution is 6.18. The Hall–Kier alpha value is -3.29. The van der Waals surface area contributed by atoms with E-state index < -0.39 is 11.5 Å². The number of benzene rings is 1. The van der Waals surface area contributed by atoms with Crippen LogP contribution in [0.15, 0.2) is 36.5 Å². The first kappa shape index (κ1) is 20.0. The molecule has 2 aromatic rings. The molecule has 0 saturated carbocycles. The van der Waals surface area contributed by atoms with Crippen molar-refractivity contribution in [1.29, 1.82) is 0 Å². The first-order valence-electron chi connectivity index (χ1n) is 9.82. The van der Waals surface area contributed by atoms with E-state index in [0.29, 0.717) is 25.1 Å². The van der Waals surface area contributed by atoms with Crippen LogP contribution in [0.3, 0.4) is 0 Å². The van der Waals surface area contributed by atoms with Gasteiger partial charge in [0.2, 0.25) is 17.7 Å². The van der Waals surface area contributed by atoms with Gasteiger partial charge in [0.15, 0.2) is 0 Å². The molecule has 0 bridgehead atoms. The second-order valence-electron chi connectivity index (χ2n) is 8.23. The minimum absolute atomic E-state index is 0.0601. The molecule has 0 spiro atoms. The van der Waals surface area contributed by atoms with Crippen LogP contribution < -0.4 is 9.64 Å². The molecule has 3 heterocycles. The third-order valence-electron chi connectivity index (χ3n) is 5.60. The number of carbonyl (C=O) groups excluding carboxylic acids is 3. The van der Waals surface area contributed by atoms with Gasteiger partial charge in [0.1, 0.15) is 5.82 Å². The van der Waals surface area contributed by atoms with E-state index in [1.54, 1.807) is 19.9 Å². The minimum Gasteiger partial charge on any atom is -0.391 e. The molecule has 30 heavy (non-hydrogen) atoms. The summed E-state index contributed by atoms with van der Waals surface area (Å²) in [6.45, 7) is 4.33. The quantitative estimate of drug-likeness (QED) is 0.707. The predicted molar refractivity (Wildman–Crippen MR) is 106 cm³/mol. The lowest BCUT2D eigenvalue weighted by Gasteiger charge is -2.35. The molecule has 156 valence electrons. The highest BCUT2D eigenvalue weighted by Gasteiger charge is 2.41. The summed E-state index contributed by atoms with van der Waals surface area (Å²) in [6.07, 6.45) is 2.17. The van der Waals surface area contributed by atoms with Crippen molar-refractivity contribution in [2.45, 2.75) is 39.7 Å². The summed E-state index contributed by atoms with van der Waals surface area (Å²) in [7, 11) is 0. The van der Waals surface area contributed by atoms with E-state index >= 15 is 0 Å². The van der Waals surface area contributed by atoms with Gasteiger partial charge in [-0.15, -0.1) is 0 Å². The van der Waals surface area contributed by atoms with Crippen LogP contribution in [-0.4, -0.2) is 34.3 Å². The number of aromatic nitrogens is 1. The Balaban J connectivity index is 1.44. The topological polar surface area (TPSA) is 79.8 Å². The lowest BCUT2D eigenvalue weighted by Crippen LogP contribution is -2.49. The summed E-state index contributed by atoms with van der Waals surface area (Å²) in [4.78, 5) is 44.1. The first-order chi connectivity index (χ1) is 14.2. The number of piperidine rings is 1. The van der Waals surface area contributed by atoms with Crippen molar-refractivity contribution in [2.75, 3.05) is 11.4 Å². The number of anilines is 1. The number of amides is 3. The Morgan fingerprint density at radius 1 is 1.13 bits per heavy atom. The molecule has 4 rings (SSSR count). The van der Waals surface area contributed by atoms with Crippen molar-refractivity contribution >= 4 is 23.6 Å². The van der Waals surface area contributed by atoms with Crippen LogP contribution >= 0.6 is 0 Å². The van der Waals surface area contributed by atoms with Gasteiger partial charge in [-0.05, 0) is 42.2 Å². The number of fused-ring (bicyclic) bond motifs is 1. The fourth-order valence-corrected chi connectivity index (χ4v) is 3.72. The molecule has 0 unspecified atom stereocenters. The maximum atomic E-state index is 13.5. The normalized spacial score (nSPS) is 18.2. The molecular formula is C22H22FN3O4. The van der Waals surface area contributed by atoms with Gasteiger partial charge in [-0.1, -0.05) is 19.9 Å². The highest BCUT2D eigenvalue weighted by Crippen LogP contribution is 2.34. The number of carbonyl (C=O) groups is 3. The predicted octanol–water partition coefficient (Wildman–Crippen LogP) is 3.46. The highest BCUT2D eigenvalue weighted by atomic mass is 19.1. The Labute approximate surface area is 173 Å². The van der Waals surface area contributed by atoms with E-state index in [0.717, 1.165) is 16.0 Å². The van der Waals surface area contributed by atoms with Gasteiger partial charge >= 0.3 is 6.09 Å². The summed E-state index contributed by atoms with van der Waals surface area (Å²) < 4.78 is 18.8. The van der Waals surface area contributed by atoms with Crippen LogP contribution in [0.2, 0.25) is 0 Å². The summed E-state index contributed by atoms with van der Waals surface area (Å²) >= 11 is 0. The average Bonchev–Trinajstić information content (AvgIpc) is 2.72. The van der Waals surface area contributed by atoms with Gasteiger partial charge in [-0.25, -0.2) is 19.1 Å². The molecule has 1 aromatic carbocycles. The van der Waals surface area contributed by atoms with Gasteiger partial charge in [0.05, 0.1) is 11.9 Å². The second kappa shape index (κ2) is 7.51. The van der Waals surface area contributed by atoms with Gasteiger partial charge in [0, 0.05) is 31.0 Å². The summed E-state index contributed by atoms with van der Waals surface area (Å²) in [5, 5.41) is 0. The molecule has 8 heteroatoms. The number of halogens is 1. The lowest BCUT2D eigenvalue weighted by atomic mass is 9.82. The maximum Gasteiger partial charge on any atom is 0.416 e. The standard InChI is InChI=1S/C22H22FN3O4/c1-22(2)9-7-19(27)26(20(22)28)17-5-6-18(24-12-17)30-21(29)25-10-8-14-3-4-16(23)11-15(14)13-25/h3-6,11-12H,7-10,13H2,1-2H3. The molecule has 0 atom stereocenters. The number of imide groups is 1. The Kier molecular flexibility index (Phi) is 5.01. The molecule has 2 aliphatic rings. The third kappa shape index (κ3) is 3.77. The lowest BCUT2D eigenvalue weighted by molar-refractivity contribution is -0.136. The Morgan fingerprint density at radius 2 is 1.93 bits per heavy atom. The molecule has 0 aliphatic carbocycles. The Bertz CT molecular complexity index is 1020. The number of hydrogen-bond donors (Lipinski definition) is 0. The van der Waals surface area contributed by atoms with E-state index in [9.17, 15) is 18.8 Å². The van der Waals surface area contributed by atoms with E-state index in [1.165, 1.54) is 35.4 Å². The van der Waals surface area contributed by atoms with Crippen LogP contribution in [0.5, 0.6) is 5.88 Å². The zero-order valence-electron chi connectivity index (χ0n) is 16.9. The average molecular weight is 411 g/mol. The van der Waals surface area contributed by atoms with Crippen LogP contribution in [-0.2, 0) is 22.6 Å². The summed E-state index contributed by atoms with van der Waals surface area (Å²) in [6, 6.07) is 7.56. The number of pyridine rings is 1. The molecule has 3 amide bonds. The van der Waals surface area contributed by atoms with Crippen molar-refractivity contribution < 1.29 is 23.5 Å². The summed E-state index contributed by atoms with van der Waals surface area (Å²) in [5.41, 5.74) is 1.50. The molecule has 1 fully saturated rings. The Morgan fingerprint density at radius 3 is 2.67 bits per heavy atom. The zero-order chi connectivity index (χ0) is 21.5. The number of ether oxygens (including phenoxy) is 1. The molecule has 7 nitrogen and oxygen atoms in total. The number of nitrogens with zero attached hydrogens (tertiary/aromatic N) is 3. The molecule has 0 radical (unpaired) electrons. The van der Waals surface area contributed by atoms with Crippen molar-refractivity contribution in [2.24, 2.45) is 5.41 Å². The SMILES string of the molecule is CC1(C)CCC(=O)N(c2ccc(OC(=O)N3CCc4ccc(F)cc4C3)nc2)C1=O. The smallest absolute Gasteiger partial charge is 0.391 e. The van der Waals surface area contributed by atoms with Crippen molar-refractivity contribution in [3.8, 4) is 5.88 Å². The fraction of sp³-hybridized carbons (Fsp3) is 0.364. The van der Waals surface area contributed by atoms with Crippen LogP contribution in [0.4, 0.5) is 14.9 Å². The molecular weight excluding hydrogens is 389 g/mol. The monoisotopic (exact) mass is 411 g/mol. The third-order valence-corrected chi connectivity index (χ3v) is 5.60. The maximum absolute atomic E-state index is 13.5. The van der Waals surface area contributed by atoms with E-state index in [1.807, 2.05) is 0 Å². The molecule has 1 aromatic heterocycles. The minimum atomic E-state index is -0.622. The van der Waals surface area contributed by atoms with Gasteiger partial charge < -0.3 is 9.64 Å². The number of hydrogen-bond acceptors (Lipinski definition) is 5. The fourth-order valence-electron chi connectivity index (χ4n) is 3.72. The first-order valence-corrected chi connectivity index (χ1v) is 9.82. The van der Waals surface area contributed by atoms with E-state index in [4.69, 9.17) is 4.74 Å². The van der Waals surface area contributed by atoms with Crippen LogP contribution in [0.1, 0.15) is 37.8 Å². The summed E-state index contributed by atoms with van der Waals surface area (Å²) in [5.74, 6) is -0.828. The van der Waals surface area contributed by atoms with Gasteiger partial charge in [-0.3, -0.25) is 9.59 Å². The van der Waals surface area contributed by atoms with Crippen LogP contribution in [0.25, 0.3) is 0 Å². The zero-order valence-corrected chi connectivity index (χ0v) is 16.9. The van der Waals surface area contributed by atoms with Crippen molar-refractivity contribution in [1.82, 2.24) is 9.88 Å². The van der Waals surface area contributed by atoms with Gasteiger partial charge in [0.25, 0.3) is 0 Å². The largest absolute Gasteiger partial charge is 0.416 e. The van der Waals surface area contributed by atoms with E-state index in [2.05, 4.69) is 4.98 Å². The second-order valence-corrected chi connectivity index (χ2v) is 8.23. The van der Waals surface area contributed by atoms with Crippen molar-refractivity contribution in [3.05, 3.63) is 53.5 Å². The molecule has 1 saturated heterocycles. The molecule has 0 N–H and O–H groups in total. The molecule has 2 aliphatic heterocycles.